The van der Waals surface area contributed by atoms with E-state index in [1.54, 1.807) is 37.3 Å². The van der Waals surface area contributed by atoms with Gasteiger partial charge >= 0.3 is 0 Å². The molecule has 0 N–H and O–H groups in total. The first-order valence-electron chi connectivity index (χ1n) is 6.91. The fourth-order valence-electron chi connectivity index (χ4n) is 2.09. The van der Waals surface area contributed by atoms with E-state index in [2.05, 4.69) is 16.3 Å². The van der Waals surface area contributed by atoms with Crippen LogP contribution in [-0.4, -0.2) is 50.5 Å². The summed E-state index contributed by atoms with van der Waals surface area (Å²) in [4.78, 5) is 12.8. The highest BCUT2D eigenvalue weighted by molar-refractivity contribution is 6.34. The van der Waals surface area contributed by atoms with Crippen LogP contribution in [0.5, 0.6) is 0 Å². The molecule has 1 heterocycles. The van der Waals surface area contributed by atoms with E-state index in [0.29, 0.717) is 21.4 Å². The molecule has 1 aromatic carbocycles. The molecule has 0 aliphatic carbocycles. The van der Waals surface area contributed by atoms with Crippen LogP contribution in [0.1, 0.15) is 21.5 Å². The Bertz CT molecular complexity index is 775. The Kier molecular flexibility index (Phi) is 5.44. The standard InChI is InChI=1S/C15H16ClN5OSi/c1-20(2)21(9-11-6-4-3-5-10(11)8-17)15(22)12-7-13(23)18-19-14(12)16/h3-7H,9H2,1-2,23H3. The van der Waals surface area contributed by atoms with Gasteiger partial charge in [-0.05, 0) is 17.7 Å². The molecule has 0 saturated carbocycles. The van der Waals surface area contributed by atoms with Gasteiger partial charge in [0.2, 0.25) is 0 Å². The molecule has 6 nitrogen and oxygen atoms in total. The summed E-state index contributed by atoms with van der Waals surface area (Å²) in [6.07, 6.45) is 0. The van der Waals surface area contributed by atoms with Gasteiger partial charge in [-0.2, -0.15) is 10.4 Å². The number of aromatic nitrogens is 2. The molecule has 0 atom stereocenters. The van der Waals surface area contributed by atoms with Crippen LogP contribution in [0, 0.1) is 11.3 Å². The lowest BCUT2D eigenvalue weighted by Crippen LogP contribution is -2.42. The summed E-state index contributed by atoms with van der Waals surface area (Å²) >= 11 is 6.02. The number of benzene rings is 1. The van der Waals surface area contributed by atoms with Gasteiger partial charge in [-0.15, -0.1) is 5.10 Å². The third kappa shape index (κ3) is 3.93. The van der Waals surface area contributed by atoms with Gasteiger partial charge in [-0.1, -0.05) is 29.8 Å². The van der Waals surface area contributed by atoms with Crippen molar-refractivity contribution in [3.8, 4) is 6.07 Å². The number of nitrogens with zero attached hydrogens (tertiary/aromatic N) is 5. The van der Waals surface area contributed by atoms with Gasteiger partial charge in [0.1, 0.15) is 0 Å². The summed E-state index contributed by atoms with van der Waals surface area (Å²) in [5.74, 6) is -0.278. The average molecular weight is 346 g/mol. The van der Waals surface area contributed by atoms with Crippen LogP contribution in [0.2, 0.25) is 5.15 Å². The number of nitriles is 1. The van der Waals surface area contributed by atoms with Crippen molar-refractivity contribution in [2.24, 2.45) is 0 Å². The van der Waals surface area contributed by atoms with Crippen molar-refractivity contribution in [1.82, 2.24) is 20.2 Å². The van der Waals surface area contributed by atoms with E-state index in [1.807, 2.05) is 12.1 Å². The number of rotatable bonds is 4. The van der Waals surface area contributed by atoms with Gasteiger partial charge in [0, 0.05) is 19.4 Å². The Hall–Kier alpha value is -2.27. The van der Waals surface area contributed by atoms with Crippen molar-refractivity contribution in [1.29, 1.82) is 5.26 Å². The normalized spacial score (nSPS) is 10.6. The predicted octanol–water partition coefficient (Wildman–Crippen LogP) is 0.111. The second-order valence-electron chi connectivity index (χ2n) is 5.17. The number of carbonyl (C=O) groups is 1. The highest BCUT2D eigenvalue weighted by Crippen LogP contribution is 2.17. The van der Waals surface area contributed by atoms with Crippen molar-refractivity contribution in [2.45, 2.75) is 6.54 Å². The van der Waals surface area contributed by atoms with Crippen LogP contribution in [0.25, 0.3) is 0 Å². The summed E-state index contributed by atoms with van der Waals surface area (Å²) in [5.41, 5.74) is 1.62. The number of carbonyl (C=O) groups excluding carboxylic acids is 1. The summed E-state index contributed by atoms with van der Waals surface area (Å²) in [7, 11) is 4.20. The van der Waals surface area contributed by atoms with Crippen LogP contribution < -0.4 is 5.32 Å². The Balaban J connectivity index is 2.37. The second kappa shape index (κ2) is 7.33. The van der Waals surface area contributed by atoms with Crippen molar-refractivity contribution in [2.75, 3.05) is 14.1 Å². The van der Waals surface area contributed by atoms with Gasteiger partial charge in [0.05, 0.1) is 34.0 Å². The van der Waals surface area contributed by atoms with Gasteiger partial charge in [-0.3, -0.25) is 9.80 Å². The Morgan fingerprint density at radius 2 is 2.04 bits per heavy atom. The zero-order chi connectivity index (χ0) is 17.0. The monoisotopic (exact) mass is 345 g/mol. The predicted molar refractivity (Wildman–Crippen MR) is 91.3 cm³/mol. The second-order valence-corrected chi connectivity index (χ2v) is 6.55. The molecule has 0 aliphatic heterocycles. The third-order valence-electron chi connectivity index (χ3n) is 3.28. The molecule has 0 fully saturated rings. The first kappa shape index (κ1) is 17.1. The maximum atomic E-state index is 12.8. The molecule has 0 saturated heterocycles. The minimum absolute atomic E-state index is 0.0787. The lowest BCUT2D eigenvalue weighted by atomic mass is 10.1. The lowest BCUT2D eigenvalue weighted by Gasteiger charge is -2.29. The van der Waals surface area contributed by atoms with Gasteiger partial charge < -0.3 is 0 Å². The maximum Gasteiger partial charge on any atom is 0.271 e. The van der Waals surface area contributed by atoms with E-state index in [0.717, 1.165) is 10.9 Å². The van der Waals surface area contributed by atoms with Crippen molar-refractivity contribution in [3.63, 3.8) is 0 Å². The molecule has 0 radical (unpaired) electrons. The van der Waals surface area contributed by atoms with Gasteiger partial charge in [0.25, 0.3) is 5.91 Å². The Morgan fingerprint density at radius 1 is 1.35 bits per heavy atom. The zero-order valence-electron chi connectivity index (χ0n) is 13.1. The molecule has 23 heavy (non-hydrogen) atoms. The average Bonchev–Trinajstić information content (AvgIpc) is 2.54. The number of halogens is 1. The molecule has 1 amide bonds. The first-order valence-corrected chi connectivity index (χ1v) is 8.28. The van der Waals surface area contributed by atoms with Crippen molar-refractivity contribution >= 4 is 33.1 Å². The highest BCUT2D eigenvalue weighted by Gasteiger charge is 2.22. The van der Waals surface area contributed by atoms with Crippen LogP contribution in [-0.2, 0) is 6.54 Å². The quantitative estimate of drug-likeness (QED) is 0.581. The molecule has 1 aromatic heterocycles. The van der Waals surface area contributed by atoms with Crippen LogP contribution >= 0.6 is 11.6 Å². The van der Waals surface area contributed by atoms with Crippen LogP contribution in [0.3, 0.4) is 0 Å². The molecule has 0 unspecified atom stereocenters. The first-order chi connectivity index (χ1) is 10.9. The number of hydrogen-bond donors (Lipinski definition) is 0. The molecule has 118 valence electrons. The Labute approximate surface area is 142 Å². The highest BCUT2D eigenvalue weighted by atomic mass is 35.5. The minimum atomic E-state index is -0.278. The van der Waals surface area contributed by atoms with E-state index < -0.39 is 0 Å². The van der Waals surface area contributed by atoms with Crippen LogP contribution in [0.15, 0.2) is 30.3 Å². The summed E-state index contributed by atoms with van der Waals surface area (Å²) in [6, 6.07) is 11.0. The van der Waals surface area contributed by atoms with E-state index in [9.17, 15) is 10.1 Å². The zero-order valence-corrected chi connectivity index (χ0v) is 15.9. The SMILES string of the molecule is CN(C)N(Cc1ccccc1C#N)C(=O)c1cc([SiH3])nnc1Cl. The van der Waals surface area contributed by atoms with Crippen molar-refractivity contribution < 1.29 is 4.79 Å². The van der Waals surface area contributed by atoms with E-state index >= 15 is 0 Å². The van der Waals surface area contributed by atoms with Crippen LogP contribution in [0.4, 0.5) is 0 Å². The third-order valence-corrected chi connectivity index (χ3v) is 4.04. The van der Waals surface area contributed by atoms with Gasteiger partial charge in [-0.25, -0.2) is 5.01 Å². The molecular formula is C15H16ClN5OSi. The van der Waals surface area contributed by atoms with Crippen molar-refractivity contribution in [3.05, 3.63) is 52.2 Å². The molecule has 0 aliphatic rings. The fraction of sp³-hybridized carbons (Fsp3) is 0.200. The largest absolute Gasteiger partial charge is 0.271 e. The topological polar surface area (TPSA) is 73.1 Å². The number of hydrazine groups is 1. The summed E-state index contributed by atoms with van der Waals surface area (Å²) in [6.45, 7) is 0.269. The summed E-state index contributed by atoms with van der Waals surface area (Å²) < 4.78 is 0. The number of hydrogen-bond acceptors (Lipinski definition) is 5. The Morgan fingerprint density at radius 3 is 2.70 bits per heavy atom. The molecule has 0 bridgehead atoms. The maximum absolute atomic E-state index is 12.8. The van der Waals surface area contributed by atoms with Gasteiger partial charge in [0.15, 0.2) is 5.15 Å². The molecule has 0 spiro atoms. The molecule has 2 aromatic rings. The smallest absolute Gasteiger partial charge is 0.267 e. The molecule has 2 rings (SSSR count). The lowest BCUT2D eigenvalue weighted by molar-refractivity contribution is 0.0154. The number of amides is 1. The summed E-state index contributed by atoms with van der Waals surface area (Å²) in [5, 5.41) is 20.9. The van der Waals surface area contributed by atoms with E-state index in [4.69, 9.17) is 11.6 Å². The van der Waals surface area contributed by atoms with E-state index in [-0.39, 0.29) is 17.6 Å². The minimum Gasteiger partial charge on any atom is -0.267 e. The molecule has 8 heteroatoms. The molecular weight excluding hydrogens is 330 g/mol. The fourth-order valence-corrected chi connectivity index (χ4v) is 2.65. The van der Waals surface area contributed by atoms with E-state index in [1.165, 1.54) is 5.01 Å².